The minimum absolute atomic E-state index is 0.218. The van der Waals surface area contributed by atoms with Crippen molar-refractivity contribution in [1.29, 1.82) is 0 Å². The molecule has 0 bridgehead atoms. The molecule has 2 nitrogen and oxygen atoms in total. The van der Waals surface area contributed by atoms with Crippen molar-refractivity contribution in [2.75, 3.05) is 0 Å². The third kappa shape index (κ3) is 4.26. The van der Waals surface area contributed by atoms with Gasteiger partial charge in [0.1, 0.15) is 11.5 Å². The molecule has 0 saturated heterocycles. The van der Waals surface area contributed by atoms with Crippen molar-refractivity contribution in [1.82, 2.24) is 0 Å². The molecule has 0 spiro atoms. The summed E-state index contributed by atoms with van der Waals surface area (Å²) in [5, 5.41) is 0.731. The minimum atomic E-state index is 0.218. The Morgan fingerprint density at radius 2 is 1.26 bits per heavy atom. The monoisotopic (exact) mass is 424 g/mol. The number of hydrogen-bond acceptors (Lipinski definition) is 2. The fraction of sp³-hybridized carbons (Fsp3) is 0.107. The Balaban J connectivity index is 1.28. The summed E-state index contributed by atoms with van der Waals surface area (Å²) in [7, 11) is 0. The summed E-state index contributed by atoms with van der Waals surface area (Å²) in [6.45, 7) is 0. The van der Waals surface area contributed by atoms with E-state index < -0.39 is 0 Å². The normalized spacial score (nSPS) is 15.4. The highest BCUT2D eigenvalue weighted by Gasteiger charge is 2.25. The van der Waals surface area contributed by atoms with Crippen molar-refractivity contribution in [2.45, 2.75) is 18.8 Å². The second-order valence-electron chi connectivity index (χ2n) is 7.89. The molecule has 1 aliphatic carbocycles. The molecule has 0 amide bonds. The zero-order chi connectivity index (χ0) is 21.2. The number of benzene rings is 4. The summed E-state index contributed by atoms with van der Waals surface area (Å²) >= 11 is 5.97. The Morgan fingerprint density at radius 1 is 0.677 bits per heavy atom. The van der Waals surface area contributed by atoms with Crippen LogP contribution in [0.15, 0.2) is 97.1 Å². The third-order valence-electron chi connectivity index (χ3n) is 5.83. The van der Waals surface area contributed by atoms with Crippen LogP contribution in [0.5, 0.6) is 11.5 Å². The van der Waals surface area contributed by atoms with E-state index in [1.807, 2.05) is 78.9 Å². The summed E-state index contributed by atoms with van der Waals surface area (Å²) in [6, 6.07) is 31.8. The van der Waals surface area contributed by atoms with E-state index in [9.17, 15) is 4.79 Å². The smallest absolute Gasteiger partial charge is 0.163 e. The fourth-order valence-corrected chi connectivity index (χ4v) is 4.31. The van der Waals surface area contributed by atoms with Crippen LogP contribution in [-0.2, 0) is 6.42 Å². The van der Waals surface area contributed by atoms with E-state index in [1.165, 1.54) is 5.56 Å². The van der Waals surface area contributed by atoms with Crippen LogP contribution in [0, 0.1) is 0 Å². The predicted molar refractivity (Wildman–Crippen MR) is 125 cm³/mol. The number of hydrogen-bond donors (Lipinski definition) is 0. The SMILES string of the molecule is O=C1CC(c2ccc(Oc3ccc(-c4ccc(Cl)cc4)cc3)cc2)Cc2ccccc21. The van der Waals surface area contributed by atoms with E-state index in [1.54, 1.807) is 0 Å². The maximum Gasteiger partial charge on any atom is 0.163 e. The zero-order valence-corrected chi connectivity index (χ0v) is 17.7. The molecule has 152 valence electrons. The van der Waals surface area contributed by atoms with Crippen LogP contribution in [-0.4, -0.2) is 5.78 Å². The van der Waals surface area contributed by atoms with E-state index >= 15 is 0 Å². The van der Waals surface area contributed by atoms with Gasteiger partial charge < -0.3 is 4.74 Å². The summed E-state index contributed by atoms with van der Waals surface area (Å²) in [5.41, 5.74) is 5.42. The molecule has 0 aromatic heterocycles. The lowest BCUT2D eigenvalue weighted by atomic mass is 9.79. The van der Waals surface area contributed by atoms with Gasteiger partial charge >= 0.3 is 0 Å². The molecule has 0 aliphatic heterocycles. The van der Waals surface area contributed by atoms with Gasteiger partial charge in [0, 0.05) is 17.0 Å². The number of rotatable bonds is 4. The number of Topliss-reactive ketones (excluding diaryl/α,β-unsaturated/α-hetero) is 1. The second-order valence-corrected chi connectivity index (χ2v) is 8.32. The van der Waals surface area contributed by atoms with Crippen LogP contribution in [0.25, 0.3) is 11.1 Å². The van der Waals surface area contributed by atoms with E-state index in [0.717, 1.165) is 45.2 Å². The summed E-state index contributed by atoms with van der Waals surface area (Å²) in [4.78, 5) is 12.5. The van der Waals surface area contributed by atoms with Gasteiger partial charge in [0.25, 0.3) is 0 Å². The van der Waals surface area contributed by atoms with Gasteiger partial charge in [0.15, 0.2) is 5.78 Å². The van der Waals surface area contributed by atoms with Gasteiger partial charge in [-0.3, -0.25) is 4.79 Å². The first-order valence-electron chi connectivity index (χ1n) is 10.4. The van der Waals surface area contributed by atoms with E-state index in [4.69, 9.17) is 16.3 Å². The van der Waals surface area contributed by atoms with Crippen LogP contribution in [0.3, 0.4) is 0 Å². The molecule has 3 heteroatoms. The molecule has 1 aliphatic rings. The third-order valence-corrected chi connectivity index (χ3v) is 6.09. The fourth-order valence-electron chi connectivity index (χ4n) is 4.18. The number of halogens is 1. The Hall–Kier alpha value is -3.36. The van der Waals surface area contributed by atoms with Crippen LogP contribution in [0.2, 0.25) is 5.02 Å². The molecule has 1 unspecified atom stereocenters. The molecule has 4 aromatic rings. The molecular formula is C28H21ClO2. The van der Waals surface area contributed by atoms with Gasteiger partial charge in [-0.1, -0.05) is 72.3 Å². The molecule has 0 radical (unpaired) electrons. The molecule has 4 aromatic carbocycles. The standard InChI is InChI=1S/C28H21ClO2/c29-24-11-5-19(6-12-24)20-7-13-25(14-8-20)31-26-15-9-21(10-16-26)23-17-22-3-1-2-4-27(22)28(30)18-23/h1-16,23H,17-18H2. The van der Waals surface area contributed by atoms with Crippen molar-refractivity contribution in [2.24, 2.45) is 0 Å². The van der Waals surface area contributed by atoms with Crippen LogP contribution < -0.4 is 4.74 Å². The molecule has 0 fully saturated rings. The van der Waals surface area contributed by atoms with Crippen LogP contribution in [0.1, 0.15) is 33.8 Å². The predicted octanol–water partition coefficient (Wildman–Crippen LogP) is 7.71. The zero-order valence-electron chi connectivity index (χ0n) is 16.9. The Bertz CT molecular complexity index is 1210. The Kier molecular flexibility index (Phi) is 5.31. The van der Waals surface area contributed by atoms with Gasteiger partial charge in [-0.05, 0) is 71.0 Å². The number of carbonyl (C=O) groups is 1. The lowest BCUT2D eigenvalue weighted by Gasteiger charge is -2.24. The highest BCUT2D eigenvalue weighted by atomic mass is 35.5. The van der Waals surface area contributed by atoms with Gasteiger partial charge in [-0.15, -0.1) is 0 Å². The topological polar surface area (TPSA) is 26.3 Å². The maximum absolute atomic E-state index is 12.5. The lowest BCUT2D eigenvalue weighted by molar-refractivity contribution is 0.0964. The lowest BCUT2D eigenvalue weighted by Crippen LogP contribution is -2.18. The highest BCUT2D eigenvalue weighted by molar-refractivity contribution is 6.30. The van der Waals surface area contributed by atoms with Gasteiger partial charge in [-0.25, -0.2) is 0 Å². The summed E-state index contributed by atoms with van der Waals surface area (Å²) in [6.07, 6.45) is 1.46. The van der Waals surface area contributed by atoms with Gasteiger partial charge in [0.05, 0.1) is 0 Å². The molecule has 5 rings (SSSR count). The van der Waals surface area contributed by atoms with Crippen LogP contribution in [0.4, 0.5) is 0 Å². The van der Waals surface area contributed by atoms with E-state index in [0.29, 0.717) is 6.42 Å². The first-order valence-corrected chi connectivity index (χ1v) is 10.8. The quantitative estimate of drug-likeness (QED) is 0.335. The average Bonchev–Trinajstić information content (AvgIpc) is 2.81. The largest absolute Gasteiger partial charge is 0.457 e. The first-order chi connectivity index (χ1) is 15.2. The number of ketones is 1. The molecule has 0 heterocycles. The number of fused-ring (bicyclic) bond motifs is 1. The second kappa shape index (κ2) is 8.41. The Morgan fingerprint density at radius 3 is 1.94 bits per heavy atom. The van der Waals surface area contributed by atoms with Crippen molar-refractivity contribution < 1.29 is 9.53 Å². The van der Waals surface area contributed by atoms with Gasteiger partial charge in [0.2, 0.25) is 0 Å². The van der Waals surface area contributed by atoms with Crippen molar-refractivity contribution >= 4 is 17.4 Å². The molecule has 0 N–H and O–H groups in total. The van der Waals surface area contributed by atoms with Crippen molar-refractivity contribution in [3.8, 4) is 22.6 Å². The molecule has 1 atom stereocenters. The molecule has 31 heavy (non-hydrogen) atoms. The number of carbonyl (C=O) groups excluding carboxylic acids is 1. The Labute approximate surface area is 187 Å². The first kappa shape index (κ1) is 19.6. The molecule has 0 saturated carbocycles. The maximum atomic E-state index is 12.5. The van der Waals surface area contributed by atoms with Crippen molar-refractivity contribution in [3.63, 3.8) is 0 Å². The number of ether oxygens (including phenoxy) is 1. The molecular weight excluding hydrogens is 404 g/mol. The average molecular weight is 425 g/mol. The van der Waals surface area contributed by atoms with E-state index in [2.05, 4.69) is 18.2 Å². The highest BCUT2D eigenvalue weighted by Crippen LogP contribution is 2.34. The van der Waals surface area contributed by atoms with Crippen molar-refractivity contribution in [3.05, 3.63) is 119 Å². The summed E-state index contributed by atoms with van der Waals surface area (Å²) in [5.74, 6) is 2.01. The minimum Gasteiger partial charge on any atom is -0.457 e. The van der Waals surface area contributed by atoms with E-state index in [-0.39, 0.29) is 11.7 Å². The van der Waals surface area contributed by atoms with Crippen LogP contribution >= 0.6 is 11.6 Å². The van der Waals surface area contributed by atoms with Gasteiger partial charge in [-0.2, -0.15) is 0 Å². The summed E-state index contributed by atoms with van der Waals surface area (Å²) < 4.78 is 6.02.